The Kier molecular flexibility index (Phi) is 11.3. The van der Waals surface area contributed by atoms with E-state index in [1.807, 2.05) is 58.0 Å². The topological polar surface area (TPSA) is 86.8 Å². The lowest BCUT2D eigenvalue weighted by atomic mass is 10.0. The monoisotopic (exact) mass is 665 g/mol. The Labute approximate surface area is 275 Å². The Bertz CT molecular complexity index is 1710. The molecule has 4 aromatic carbocycles. The normalized spacial score (nSPS) is 12.1. The fraction of sp³-hybridized carbons (Fsp3) is 0.257. The molecule has 2 amide bonds. The Morgan fingerprint density at radius 2 is 1.33 bits per heavy atom. The highest BCUT2D eigenvalue weighted by Gasteiger charge is 2.35. The summed E-state index contributed by atoms with van der Waals surface area (Å²) in [5, 5.41) is 3.58. The molecule has 4 aromatic rings. The molecule has 0 aliphatic carbocycles. The number of nitrogens with zero attached hydrogens (tertiary/aromatic N) is 2. The molecule has 0 radical (unpaired) electrons. The van der Waals surface area contributed by atoms with E-state index in [1.165, 1.54) is 17.0 Å². The molecule has 1 atom stereocenters. The predicted molar refractivity (Wildman–Crippen MR) is 181 cm³/mol. The van der Waals surface area contributed by atoms with Gasteiger partial charge in [-0.3, -0.25) is 13.9 Å². The average Bonchev–Trinajstić information content (AvgIpc) is 2.99. The van der Waals surface area contributed by atoms with Crippen molar-refractivity contribution < 1.29 is 18.0 Å². The van der Waals surface area contributed by atoms with Gasteiger partial charge in [0.2, 0.25) is 11.8 Å². The number of aryl methyl sites for hydroxylation is 2. The second-order valence-corrected chi connectivity index (χ2v) is 13.9. The zero-order chi connectivity index (χ0) is 32.7. The van der Waals surface area contributed by atoms with E-state index in [1.54, 1.807) is 54.6 Å². The van der Waals surface area contributed by atoms with E-state index in [0.717, 1.165) is 21.0 Å². The first kappa shape index (κ1) is 34.0. The predicted octanol–water partition coefficient (Wildman–Crippen LogP) is 6.97. The van der Waals surface area contributed by atoms with Crippen molar-refractivity contribution in [3.63, 3.8) is 0 Å². The lowest BCUT2D eigenvalue weighted by molar-refractivity contribution is -0.140. The fourth-order valence-electron chi connectivity index (χ4n) is 4.87. The van der Waals surface area contributed by atoms with E-state index < -0.39 is 28.5 Å². The van der Waals surface area contributed by atoms with Gasteiger partial charge in [0.15, 0.2) is 0 Å². The summed E-state index contributed by atoms with van der Waals surface area (Å²) in [6, 6.07) is 26.5. The molecule has 0 bridgehead atoms. The Morgan fingerprint density at radius 3 is 1.89 bits per heavy atom. The van der Waals surface area contributed by atoms with Crippen LogP contribution in [0, 0.1) is 13.8 Å². The molecule has 4 rings (SSSR count). The van der Waals surface area contributed by atoms with Crippen molar-refractivity contribution in [2.45, 2.75) is 57.6 Å². The summed E-state index contributed by atoms with van der Waals surface area (Å²) in [5.74, 6) is -0.976. The molecule has 0 aromatic heterocycles. The molecule has 1 N–H and O–H groups in total. The van der Waals surface area contributed by atoms with Crippen LogP contribution in [-0.2, 0) is 32.6 Å². The number of hydrogen-bond donors (Lipinski definition) is 1. The number of rotatable bonds is 12. The van der Waals surface area contributed by atoms with Gasteiger partial charge in [-0.15, -0.1) is 0 Å². The largest absolute Gasteiger partial charge is 0.352 e. The molecule has 0 spiro atoms. The minimum absolute atomic E-state index is 0.0422. The number of anilines is 1. The van der Waals surface area contributed by atoms with Crippen LogP contribution in [0.25, 0.3) is 0 Å². The molecule has 10 heteroatoms. The zero-order valence-corrected chi connectivity index (χ0v) is 28.0. The summed E-state index contributed by atoms with van der Waals surface area (Å²) in [6.07, 6.45) is 0.183. The van der Waals surface area contributed by atoms with Gasteiger partial charge in [-0.05, 0) is 69.7 Å². The van der Waals surface area contributed by atoms with Crippen LogP contribution in [0.4, 0.5) is 5.69 Å². The van der Waals surface area contributed by atoms with E-state index in [9.17, 15) is 18.0 Å². The maximum absolute atomic E-state index is 14.5. The number of hydrogen-bond acceptors (Lipinski definition) is 4. The van der Waals surface area contributed by atoms with Gasteiger partial charge in [0.1, 0.15) is 12.6 Å². The molecule has 0 saturated heterocycles. The molecule has 0 saturated carbocycles. The highest BCUT2D eigenvalue weighted by atomic mass is 35.5. The van der Waals surface area contributed by atoms with Crippen molar-refractivity contribution >= 4 is 50.7 Å². The number of carbonyl (C=O) groups is 2. The third-order valence-corrected chi connectivity index (χ3v) is 9.80. The highest BCUT2D eigenvalue weighted by Crippen LogP contribution is 2.29. The van der Waals surface area contributed by atoms with Crippen molar-refractivity contribution in [2.24, 2.45) is 0 Å². The van der Waals surface area contributed by atoms with E-state index in [-0.39, 0.29) is 29.8 Å². The quantitative estimate of drug-likeness (QED) is 0.177. The Hall–Kier alpha value is -3.85. The van der Waals surface area contributed by atoms with E-state index in [4.69, 9.17) is 23.2 Å². The van der Waals surface area contributed by atoms with Gasteiger partial charge in [-0.2, -0.15) is 0 Å². The minimum Gasteiger partial charge on any atom is -0.352 e. The van der Waals surface area contributed by atoms with Gasteiger partial charge in [0, 0.05) is 34.6 Å². The fourth-order valence-corrected chi connectivity index (χ4v) is 6.80. The van der Waals surface area contributed by atoms with Crippen molar-refractivity contribution in [2.75, 3.05) is 10.8 Å². The first-order valence-corrected chi connectivity index (χ1v) is 16.8. The van der Waals surface area contributed by atoms with Crippen LogP contribution in [0.1, 0.15) is 36.1 Å². The van der Waals surface area contributed by atoms with Gasteiger partial charge < -0.3 is 10.2 Å². The Morgan fingerprint density at radius 1 is 0.778 bits per heavy atom. The van der Waals surface area contributed by atoms with E-state index in [0.29, 0.717) is 21.3 Å². The van der Waals surface area contributed by atoms with E-state index in [2.05, 4.69) is 5.32 Å². The molecule has 236 valence electrons. The SMILES string of the molecule is Cc1ccc(N(CC(=O)N(Cc2c(Cl)cccc2Cl)[C@H](Cc2ccccc2)C(=O)NC(C)C)S(=O)(=O)c2ccc(C)cc2)cc1. The van der Waals surface area contributed by atoms with Crippen LogP contribution >= 0.6 is 23.2 Å². The van der Waals surface area contributed by atoms with Crippen LogP contribution in [0.3, 0.4) is 0 Å². The summed E-state index contributed by atoms with van der Waals surface area (Å²) in [5.41, 5.74) is 3.42. The molecule has 0 fully saturated rings. The standard InChI is InChI=1S/C35H37Cl2N3O4S/c1-24(2)38-35(42)33(21-27-9-6-5-7-10-27)39(22-30-31(36)11-8-12-32(30)37)34(41)23-40(28-17-13-25(3)14-18-28)45(43,44)29-19-15-26(4)16-20-29/h5-20,24,33H,21-23H2,1-4H3,(H,38,42)/t33-/m1/s1. The number of nitrogens with one attached hydrogen (secondary N) is 1. The third-order valence-electron chi connectivity index (χ3n) is 7.30. The highest BCUT2D eigenvalue weighted by molar-refractivity contribution is 7.92. The molecule has 7 nitrogen and oxygen atoms in total. The van der Waals surface area contributed by atoms with Crippen LogP contribution in [0.5, 0.6) is 0 Å². The van der Waals surface area contributed by atoms with Gasteiger partial charge in [0.25, 0.3) is 10.0 Å². The van der Waals surface area contributed by atoms with Gasteiger partial charge in [-0.25, -0.2) is 8.42 Å². The van der Waals surface area contributed by atoms with Crippen LogP contribution < -0.4 is 9.62 Å². The van der Waals surface area contributed by atoms with Crippen LogP contribution in [-0.4, -0.2) is 43.8 Å². The number of sulfonamides is 1. The van der Waals surface area contributed by atoms with Gasteiger partial charge in [-0.1, -0.05) is 95.0 Å². The van der Waals surface area contributed by atoms with Crippen LogP contribution in [0.2, 0.25) is 10.0 Å². The average molecular weight is 667 g/mol. The van der Waals surface area contributed by atoms with Crippen molar-refractivity contribution in [1.29, 1.82) is 0 Å². The van der Waals surface area contributed by atoms with Crippen molar-refractivity contribution in [3.05, 3.63) is 129 Å². The molecule has 45 heavy (non-hydrogen) atoms. The first-order valence-electron chi connectivity index (χ1n) is 14.6. The smallest absolute Gasteiger partial charge is 0.264 e. The molecular weight excluding hydrogens is 629 g/mol. The zero-order valence-electron chi connectivity index (χ0n) is 25.7. The van der Waals surface area contributed by atoms with Crippen molar-refractivity contribution in [3.8, 4) is 0 Å². The van der Waals surface area contributed by atoms with Crippen LogP contribution in [0.15, 0.2) is 102 Å². The number of carbonyl (C=O) groups excluding carboxylic acids is 2. The maximum atomic E-state index is 14.5. The summed E-state index contributed by atoms with van der Waals surface area (Å²) < 4.78 is 29.3. The lowest BCUT2D eigenvalue weighted by Gasteiger charge is -2.34. The van der Waals surface area contributed by atoms with E-state index >= 15 is 0 Å². The summed E-state index contributed by atoms with van der Waals surface area (Å²) in [6.45, 7) is 6.74. The van der Waals surface area contributed by atoms with Gasteiger partial charge >= 0.3 is 0 Å². The molecule has 0 heterocycles. The number of benzene rings is 4. The molecule has 0 unspecified atom stereocenters. The number of halogens is 2. The third kappa shape index (κ3) is 8.66. The van der Waals surface area contributed by atoms with Gasteiger partial charge in [0.05, 0.1) is 10.6 Å². The number of amides is 2. The Balaban J connectivity index is 1.83. The molecular formula is C35H37Cl2N3O4S. The summed E-state index contributed by atoms with van der Waals surface area (Å²) in [7, 11) is -4.19. The van der Waals surface area contributed by atoms with Crippen molar-refractivity contribution in [1.82, 2.24) is 10.2 Å². The summed E-state index contributed by atoms with van der Waals surface area (Å²) >= 11 is 13.1. The minimum atomic E-state index is -4.19. The molecule has 0 aliphatic rings. The first-order chi connectivity index (χ1) is 21.4. The second kappa shape index (κ2) is 15.0. The second-order valence-electron chi connectivity index (χ2n) is 11.3. The summed E-state index contributed by atoms with van der Waals surface area (Å²) in [4.78, 5) is 29.8. The lowest BCUT2D eigenvalue weighted by Crippen LogP contribution is -2.54. The molecule has 0 aliphatic heterocycles. The maximum Gasteiger partial charge on any atom is 0.264 e.